The van der Waals surface area contributed by atoms with Crippen molar-refractivity contribution in [3.63, 3.8) is 0 Å². The number of benzene rings is 3. The van der Waals surface area contributed by atoms with Gasteiger partial charge in [0.15, 0.2) is 0 Å². The average Bonchev–Trinajstić information content (AvgIpc) is 2.92. The molecule has 0 saturated carbocycles. The lowest BCUT2D eigenvalue weighted by Crippen LogP contribution is -2.57. The highest BCUT2D eigenvalue weighted by Crippen LogP contribution is 2.26. The normalized spacial score (nSPS) is 15.4. The van der Waals surface area contributed by atoms with Crippen LogP contribution < -0.4 is 16.0 Å². The number of carbonyl (C=O) groups is 3. The van der Waals surface area contributed by atoms with Crippen LogP contribution in [0.4, 0.5) is 5.69 Å². The maximum atomic E-state index is 13.6. The summed E-state index contributed by atoms with van der Waals surface area (Å²) in [4.78, 5) is 42.8. The Hall–Kier alpha value is -4.17. The van der Waals surface area contributed by atoms with Crippen LogP contribution in [0, 0.1) is 13.8 Å². The van der Waals surface area contributed by atoms with Crippen LogP contribution in [0.3, 0.4) is 0 Å². The van der Waals surface area contributed by atoms with E-state index in [1.807, 2.05) is 68.4 Å². The second-order valence-electron chi connectivity index (χ2n) is 9.83. The van der Waals surface area contributed by atoms with Crippen molar-refractivity contribution in [2.75, 3.05) is 18.5 Å². The van der Waals surface area contributed by atoms with E-state index in [0.717, 1.165) is 33.5 Å². The summed E-state index contributed by atoms with van der Waals surface area (Å²) in [7, 11) is 1.66. The van der Waals surface area contributed by atoms with E-state index in [1.54, 1.807) is 19.2 Å². The van der Waals surface area contributed by atoms with E-state index < -0.39 is 18.0 Å². The molecule has 4 N–H and O–H groups in total. The molecule has 1 aliphatic heterocycles. The number of nitrogens with one attached hydrogen (secondary N) is 1. The number of anilines is 1. The van der Waals surface area contributed by atoms with Crippen LogP contribution in [0.5, 0.6) is 5.75 Å². The summed E-state index contributed by atoms with van der Waals surface area (Å²) in [6.07, 6.45) is 0.615. The predicted octanol–water partition coefficient (Wildman–Crippen LogP) is 2.61. The van der Waals surface area contributed by atoms with Crippen LogP contribution in [0.1, 0.15) is 27.8 Å². The molecule has 2 atom stereocenters. The number of hydrogen-bond acceptors (Lipinski definition) is 5. The maximum absolute atomic E-state index is 13.6. The zero-order valence-corrected chi connectivity index (χ0v) is 22.0. The predicted molar refractivity (Wildman–Crippen MR) is 147 cm³/mol. The smallest absolute Gasteiger partial charge is 0.246 e. The van der Waals surface area contributed by atoms with Gasteiger partial charge in [-0.1, -0.05) is 42.5 Å². The first-order chi connectivity index (χ1) is 18.2. The molecule has 0 spiro atoms. The topological polar surface area (TPSA) is 116 Å². The van der Waals surface area contributed by atoms with Gasteiger partial charge in [0.05, 0.1) is 12.6 Å². The third-order valence-electron chi connectivity index (χ3n) is 7.19. The first-order valence-electron chi connectivity index (χ1n) is 12.7. The van der Waals surface area contributed by atoms with Gasteiger partial charge >= 0.3 is 0 Å². The Bertz CT molecular complexity index is 1320. The van der Waals surface area contributed by atoms with Crippen LogP contribution in [0.15, 0.2) is 66.7 Å². The van der Waals surface area contributed by atoms with E-state index in [4.69, 9.17) is 5.73 Å². The summed E-state index contributed by atoms with van der Waals surface area (Å²) in [5.41, 5.74) is 11.7. The summed E-state index contributed by atoms with van der Waals surface area (Å²) in [6, 6.07) is 18.5. The molecule has 3 aromatic carbocycles. The summed E-state index contributed by atoms with van der Waals surface area (Å²) in [5.74, 6) is -0.833. The molecule has 3 amide bonds. The minimum absolute atomic E-state index is 0.167. The molecular formula is C30H34N4O4. The molecule has 0 saturated heterocycles. The number of aryl methyl sites for hydroxylation is 2. The molecule has 8 heteroatoms. The van der Waals surface area contributed by atoms with Crippen molar-refractivity contribution in [1.29, 1.82) is 0 Å². The lowest BCUT2D eigenvalue weighted by molar-refractivity contribution is -0.143. The second-order valence-corrected chi connectivity index (χ2v) is 9.83. The number of phenolic OH excluding ortho intramolecular Hbond substituents is 1. The van der Waals surface area contributed by atoms with Crippen molar-refractivity contribution in [3.05, 3.63) is 94.5 Å². The molecule has 3 aromatic rings. The van der Waals surface area contributed by atoms with Crippen molar-refractivity contribution in [2.45, 2.75) is 45.3 Å². The number of para-hydroxylation sites is 1. The van der Waals surface area contributed by atoms with Crippen molar-refractivity contribution in [2.24, 2.45) is 5.73 Å². The fraction of sp³-hybridized carbons (Fsp3) is 0.300. The first-order valence-corrected chi connectivity index (χ1v) is 12.7. The Kier molecular flexibility index (Phi) is 8.12. The quantitative estimate of drug-likeness (QED) is 0.448. The molecule has 8 nitrogen and oxygen atoms in total. The van der Waals surface area contributed by atoms with E-state index in [2.05, 4.69) is 5.32 Å². The van der Waals surface area contributed by atoms with Gasteiger partial charge in [-0.15, -0.1) is 0 Å². The van der Waals surface area contributed by atoms with Crippen LogP contribution in [0.25, 0.3) is 0 Å². The molecule has 198 valence electrons. The van der Waals surface area contributed by atoms with Gasteiger partial charge in [0, 0.05) is 25.7 Å². The number of nitrogens with zero attached hydrogens (tertiary/aromatic N) is 2. The number of rotatable bonds is 7. The minimum atomic E-state index is -0.872. The van der Waals surface area contributed by atoms with Gasteiger partial charge in [0.1, 0.15) is 11.8 Å². The Balaban J connectivity index is 1.50. The third-order valence-corrected chi connectivity index (χ3v) is 7.19. The fourth-order valence-electron chi connectivity index (χ4n) is 5.00. The maximum Gasteiger partial charge on any atom is 0.246 e. The van der Waals surface area contributed by atoms with Crippen LogP contribution in [-0.2, 0) is 33.8 Å². The lowest BCUT2D eigenvalue weighted by atomic mass is 9.91. The van der Waals surface area contributed by atoms with E-state index in [0.29, 0.717) is 6.42 Å². The molecule has 0 radical (unpaired) electrons. The van der Waals surface area contributed by atoms with Gasteiger partial charge in [0.25, 0.3) is 0 Å². The van der Waals surface area contributed by atoms with E-state index in [1.165, 1.54) is 9.80 Å². The molecule has 0 fully saturated rings. The van der Waals surface area contributed by atoms with Gasteiger partial charge in [-0.25, -0.2) is 0 Å². The standard InChI is InChI=1S/C30H34N4O4/c1-19-13-24(35)14-20(2)25(19)16-26(31)30(38)34-18-22-10-8-7-9-21(22)15-27(34)29(37)32-17-28(36)33(3)23-11-5-4-6-12-23/h4-14,26-27,35H,15-18,31H2,1-3H3,(H,32,37)/t26-,27-/m0/s1. The molecule has 0 unspecified atom stereocenters. The molecule has 38 heavy (non-hydrogen) atoms. The molecule has 4 rings (SSSR count). The van der Waals surface area contributed by atoms with Gasteiger partial charge in [-0.05, 0) is 72.4 Å². The number of fused-ring (bicyclic) bond motifs is 1. The van der Waals surface area contributed by atoms with Crippen LogP contribution >= 0.6 is 0 Å². The van der Waals surface area contributed by atoms with Gasteiger partial charge < -0.3 is 26.0 Å². The summed E-state index contributed by atoms with van der Waals surface area (Å²) < 4.78 is 0. The van der Waals surface area contributed by atoms with E-state index in [9.17, 15) is 19.5 Å². The second kappa shape index (κ2) is 11.5. The fourth-order valence-corrected chi connectivity index (χ4v) is 5.00. The monoisotopic (exact) mass is 514 g/mol. The SMILES string of the molecule is Cc1cc(O)cc(C)c1C[C@H](N)C(=O)N1Cc2ccccc2C[C@H]1C(=O)NCC(=O)N(C)c1ccccc1. The van der Waals surface area contributed by atoms with Crippen molar-refractivity contribution < 1.29 is 19.5 Å². The lowest BCUT2D eigenvalue weighted by Gasteiger charge is -2.37. The Morgan fingerprint density at radius 2 is 1.63 bits per heavy atom. The summed E-state index contributed by atoms with van der Waals surface area (Å²) in [5, 5.41) is 12.6. The minimum Gasteiger partial charge on any atom is -0.508 e. The van der Waals surface area contributed by atoms with Gasteiger partial charge in [-0.3, -0.25) is 14.4 Å². The van der Waals surface area contributed by atoms with Crippen LogP contribution in [-0.4, -0.2) is 53.4 Å². The van der Waals surface area contributed by atoms with Crippen molar-refractivity contribution in [3.8, 4) is 5.75 Å². The zero-order chi connectivity index (χ0) is 27.4. The summed E-state index contributed by atoms with van der Waals surface area (Å²) in [6.45, 7) is 3.81. The average molecular weight is 515 g/mol. The van der Waals surface area contributed by atoms with E-state index >= 15 is 0 Å². The number of nitrogens with two attached hydrogens (primary N) is 1. The van der Waals surface area contributed by atoms with Gasteiger partial charge in [0.2, 0.25) is 17.7 Å². The van der Waals surface area contributed by atoms with Crippen LogP contribution in [0.2, 0.25) is 0 Å². The highest BCUT2D eigenvalue weighted by molar-refractivity contribution is 5.97. The molecular weight excluding hydrogens is 480 g/mol. The Labute approximate surface area is 223 Å². The number of likely N-dealkylation sites (N-methyl/N-ethyl adjacent to an activating group) is 1. The molecule has 0 aliphatic carbocycles. The number of phenols is 1. The molecule has 0 bridgehead atoms. The number of aromatic hydroxyl groups is 1. The Morgan fingerprint density at radius 1 is 1.03 bits per heavy atom. The van der Waals surface area contributed by atoms with Crippen molar-refractivity contribution >= 4 is 23.4 Å². The summed E-state index contributed by atoms with van der Waals surface area (Å²) >= 11 is 0. The highest BCUT2D eigenvalue weighted by atomic mass is 16.3. The number of carbonyl (C=O) groups excluding carboxylic acids is 3. The number of amides is 3. The van der Waals surface area contributed by atoms with E-state index in [-0.39, 0.29) is 37.1 Å². The molecule has 0 aromatic heterocycles. The molecule has 1 aliphatic rings. The third kappa shape index (κ3) is 5.86. The highest BCUT2D eigenvalue weighted by Gasteiger charge is 2.37. The molecule has 1 heterocycles. The number of hydrogen-bond donors (Lipinski definition) is 3. The Morgan fingerprint density at radius 3 is 2.29 bits per heavy atom. The zero-order valence-electron chi connectivity index (χ0n) is 22.0. The van der Waals surface area contributed by atoms with Crippen molar-refractivity contribution in [1.82, 2.24) is 10.2 Å². The first kappa shape index (κ1) is 26.9. The largest absolute Gasteiger partial charge is 0.508 e. The van der Waals surface area contributed by atoms with Gasteiger partial charge in [-0.2, -0.15) is 0 Å².